The minimum Gasteiger partial charge on any atom is -0.378 e. The van der Waals surface area contributed by atoms with Crippen LogP contribution in [0.1, 0.15) is 25.3 Å². The summed E-state index contributed by atoms with van der Waals surface area (Å²) in [6.45, 7) is 7.58. The van der Waals surface area contributed by atoms with E-state index < -0.39 is 0 Å². The van der Waals surface area contributed by atoms with Crippen LogP contribution in [0.25, 0.3) is 0 Å². The fourth-order valence-electron chi connectivity index (χ4n) is 3.24. The number of nitrogens with one attached hydrogen (secondary N) is 2. The number of hydrogen-bond donors (Lipinski definition) is 2. The normalized spacial score (nSPS) is 20.3. The van der Waals surface area contributed by atoms with Crippen LogP contribution in [0.15, 0.2) is 23.2 Å². The third kappa shape index (κ3) is 6.76. The fraction of sp³-hybridized carbons (Fsp3) is 0.632. The van der Waals surface area contributed by atoms with E-state index in [4.69, 9.17) is 9.47 Å². The van der Waals surface area contributed by atoms with Gasteiger partial charge in [0.05, 0.1) is 31.5 Å². The van der Waals surface area contributed by atoms with Gasteiger partial charge in [0.1, 0.15) is 5.82 Å². The fourth-order valence-corrected chi connectivity index (χ4v) is 3.24. The van der Waals surface area contributed by atoms with Gasteiger partial charge in [-0.15, -0.1) is 24.0 Å². The largest absolute Gasteiger partial charge is 0.378 e. The van der Waals surface area contributed by atoms with Gasteiger partial charge in [-0.25, -0.2) is 9.38 Å². The summed E-state index contributed by atoms with van der Waals surface area (Å²) in [6, 6.07) is 5.37. The van der Waals surface area contributed by atoms with Crippen molar-refractivity contribution in [3.8, 4) is 0 Å². The summed E-state index contributed by atoms with van der Waals surface area (Å²) >= 11 is 0. The SMILES string of the molecule is CCNC(=NCc1ccc(N2CCOCC2)c(F)c1)NCC1CCCO1.I. The van der Waals surface area contributed by atoms with Crippen LogP contribution in [0.4, 0.5) is 10.1 Å². The molecule has 2 heterocycles. The minimum absolute atomic E-state index is 0. The molecule has 0 aliphatic carbocycles. The third-order valence-corrected chi connectivity index (χ3v) is 4.65. The van der Waals surface area contributed by atoms with Crippen molar-refractivity contribution < 1.29 is 13.9 Å². The summed E-state index contributed by atoms with van der Waals surface area (Å²) < 4.78 is 25.4. The molecule has 0 radical (unpaired) electrons. The Hall–Kier alpha value is -1.13. The zero-order valence-electron chi connectivity index (χ0n) is 15.9. The van der Waals surface area contributed by atoms with E-state index in [0.29, 0.717) is 25.4 Å². The molecule has 2 fully saturated rings. The van der Waals surface area contributed by atoms with Crippen molar-refractivity contribution in [1.82, 2.24) is 10.6 Å². The first-order valence-corrected chi connectivity index (χ1v) is 9.51. The smallest absolute Gasteiger partial charge is 0.191 e. The van der Waals surface area contributed by atoms with Gasteiger partial charge >= 0.3 is 0 Å². The van der Waals surface area contributed by atoms with Gasteiger partial charge in [0, 0.05) is 32.8 Å². The zero-order chi connectivity index (χ0) is 18.2. The number of morpholine rings is 1. The van der Waals surface area contributed by atoms with Gasteiger partial charge in [0.2, 0.25) is 0 Å². The second-order valence-electron chi connectivity index (χ2n) is 6.60. The van der Waals surface area contributed by atoms with Gasteiger partial charge in [-0.05, 0) is 37.5 Å². The predicted octanol–water partition coefficient (Wildman–Crippen LogP) is 2.51. The van der Waals surface area contributed by atoms with Crippen molar-refractivity contribution >= 4 is 35.6 Å². The second kappa shape index (κ2) is 11.7. The Balaban J connectivity index is 0.00000261. The highest BCUT2D eigenvalue weighted by molar-refractivity contribution is 14.0. The molecular formula is C19H30FIN4O2. The maximum atomic E-state index is 14.5. The van der Waals surface area contributed by atoms with E-state index in [-0.39, 0.29) is 35.9 Å². The van der Waals surface area contributed by atoms with E-state index in [9.17, 15) is 4.39 Å². The average molecular weight is 492 g/mol. The molecule has 2 saturated heterocycles. The van der Waals surface area contributed by atoms with Crippen LogP contribution in [0, 0.1) is 5.82 Å². The van der Waals surface area contributed by atoms with Crippen LogP contribution in [0.3, 0.4) is 0 Å². The molecule has 0 amide bonds. The topological polar surface area (TPSA) is 58.1 Å². The zero-order valence-corrected chi connectivity index (χ0v) is 18.2. The van der Waals surface area contributed by atoms with Gasteiger partial charge in [0.25, 0.3) is 0 Å². The first-order valence-electron chi connectivity index (χ1n) is 9.51. The molecule has 152 valence electrons. The molecule has 0 bridgehead atoms. The van der Waals surface area contributed by atoms with E-state index in [1.165, 1.54) is 0 Å². The van der Waals surface area contributed by atoms with E-state index in [2.05, 4.69) is 15.6 Å². The van der Waals surface area contributed by atoms with Gasteiger partial charge in [0.15, 0.2) is 5.96 Å². The molecule has 1 atom stereocenters. The maximum Gasteiger partial charge on any atom is 0.191 e. The number of ether oxygens (including phenoxy) is 2. The van der Waals surface area contributed by atoms with Gasteiger partial charge in [-0.3, -0.25) is 0 Å². The highest BCUT2D eigenvalue weighted by Gasteiger charge is 2.16. The second-order valence-corrected chi connectivity index (χ2v) is 6.60. The average Bonchev–Trinajstić information content (AvgIpc) is 3.18. The molecule has 6 nitrogen and oxygen atoms in total. The van der Waals surface area contributed by atoms with Crippen LogP contribution >= 0.6 is 24.0 Å². The van der Waals surface area contributed by atoms with E-state index in [1.807, 2.05) is 24.0 Å². The minimum atomic E-state index is -0.197. The summed E-state index contributed by atoms with van der Waals surface area (Å²) in [5.41, 5.74) is 1.50. The summed E-state index contributed by atoms with van der Waals surface area (Å²) in [5, 5.41) is 6.53. The quantitative estimate of drug-likeness (QED) is 0.363. The summed E-state index contributed by atoms with van der Waals surface area (Å²) in [5.74, 6) is 0.539. The molecule has 2 aliphatic rings. The molecule has 1 aromatic carbocycles. The Morgan fingerprint density at radius 3 is 2.74 bits per heavy atom. The Kier molecular flexibility index (Phi) is 9.57. The van der Waals surface area contributed by atoms with Gasteiger partial charge < -0.3 is 25.0 Å². The Morgan fingerprint density at radius 1 is 1.26 bits per heavy atom. The molecule has 1 unspecified atom stereocenters. The first-order chi connectivity index (χ1) is 12.8. The molecule has 27 heavy (non-hydrogen) atoms. The van der Waals surface area contributed by atoms with Crippen molar-refractivity contribution in [2.24, 2.45) is 4.99 Å². The lowest BCUT2D eigenvalue weighted by atomic mass is 10.1. The molecular weight excluding hydrogens is 462 g/mol. The number of aliphatic imine (C=N–C) groups is 1. The molecule has 0 aromatic heterocycles. The maximum absolute atomic E-state index is 14.5. The molecule has 3 rings (SSSR count). The van der Waals surface area contributed by atoms with Crippen molar-refractivity contribution in [1.29, 1.82) is 0 Å². The van der Waals surface area contributed by atoms with Crippen molar-refractivity contribution in [2.75, 3.05) is 50.9 Å². The van der Waals surface area contributed by atoms with Crippen LogP contribution in [0.5, 0.6) is 0 Å². The molecule has 0 saturated carbocycles. The van der Waals surface area contributed by atoms with Crippen molar-refractivity contribution in [3.05, 3.63) is 29.6 Å². The molecule has 8 heteroatoms. The number of anilines is 1. The highest BCUT2D eigenvalue weighted by Crippen LogP contribution is 2.22. The van der Waals surface area contributed by atoms with Crippen LogP contribution in [-0.2, 0) is 16.0 Å². The van der Waals surface area contributed by atoms with Crippen molar-refractivity contribution in [3.63, 3.8) is 0 Å². The number of benzene rings is 1. The Bertz CT molecular complexity index is 605. The number of hydrogen-bond acceptors (Lipinski definition) is 4. The molecule has 1 aromatic rings. The van der Waals surface area contributed by atoms with Crippen LogP contribution in [0.2, 0.25) is 0 Å². The van der Waals surface area contributed by atoms with E-state index >= 15 is 0 Å². The van der Waals surface area contributed by atoms with Gasteiger partial charge in [-0.2, -0.15) is 0 Å². The third-order valence-electron chi connectivity index (χ3n) is 4.65. The number of rotatable bonds is 6. The standard InChI is InChI=1S/C19H29FN4O2.HI/c1-2-21-19(23-14-16-4-3-9-26-16)22-13-15-5-6-18(17(20)12-15)24-7-10-25-11-8-24;/h5-6,12,16H,2-4,7-11,13-14H2,1H3,(H2,21,22,23);1H. The molecule has 2 aliphatic heterocycles. The molecule has 0 spiro atoms. The number of nitrogens with zero attached hydrogens (tertiary/aromatic N) is 2. The number of halogens is 2. The van der Waals surface area contributed by atoms with Gasteiger partial charge in [-0.1, -0.05) is 6.07 Å². The monoisotopic (exact) mass is 492 g/mol. The highest BCUT2D eigenvalue weighted by atomic mass is 127. The van der Waals surface area contributed by atoms with E-state index in [1.54, 1.807) is 6.07 Å². The summed E-state index contributed by atoms with van der Waals surface area (Å²) in [7, 11) is 0. The predicted molar refractivity (Wildman–Crippen MR) is 117 cm³/mol. The Labute approximate surface area is 177 Å². The lowest BCUT2D eigenvalue weighted by molar-refractivity contribution is 0.114. The van der Waals surface area contributed by atoms with E-state index in [0.717, 1.165) is 57.2 Å². The number of guanidine groups is 1. The summed E-state index contributed by atoms with van der Waals surface area (Å²) in [4.78, 5) is 6.59. The van der Waals surface area contributed by atoms with Crippen LogP contribution < -0.4 is 15.5 Å². The molecule has 2 N–H and O–H groups in total. The van der Waals surface area contributed by atoms with Crippen molar-refractivity contribution in [2.45, 2.75) is 32.4 Å². The first kappa shape index (κ1) is 22.2. The lowest BCUT2D eigenvalue weighted by Crippen LogP contribution is -2.41. The Morgan fingerprint density at radius 2 is 2.07 bits per heavy atom. The van der Waals surface area contributed by atoms with Crippen LogP contribution in [-0.4, -0.2) is 58.1 Å². The lowest BCUT2D eigenvalue weighted by Gasteiger charge is -2.29. The summed E-state index contributed by atoms with van der Waals surface area (Å²) in [6.07, 6.45) is 2.46.